The zero-order chi connectivity index (χ0) is 18.9. The summed E-state index contributed by atoms with van der Waals surface area (Å²) in [5.41, 5.74) is 5.26. The zero-order valence-electron chi connectivity index (χ0n) is 15.7. The van der Waals surface area contributed by atoms with E-state index in [9.17, 15) is 4.39 Å². The van der Waals surface area contributed by atoms with Crippen LogP contribution < -0.4 is 4.90 Å². The first-order chi connectivity index (χ1) is 13.8. The second-order valence-corrected chi connectivity index (χ2v) is 8.37. The minimum Gasteiger partial charge on any atom is -0.378 e. The minimum atomic E-state index is -0.221. The van der Waals surface area contributed by atoms with Gasteiger partial charge in [0.1, 0.15) is 10.8 Å². The van der Waals surface area contributed by atoms with Gasteiger partial charge in [0.25, 0.3) is 0 Å². The molecule has 144 valence electrons. The molecule has 1 fully saturated rings. The van der Waals surface area contributed by atoms with Crippen LogP contribution >= 0.6 is 11.3 Å². The van der Waals surface area contributed by atoms with Crippen molar-refractivity contribution in [3.63, 3.8) is 0 Å². The third-order valence-corrected chi connectivity index (χ3v) is 6.52. The van der Waals surface area contributed by atoms with E-state index in [0.717, 1.165) is 52.8 Å². The Morgan fingerprint density at radius 1 is 1.04 bits per heavy atom. The number of morpholine rings is 1. The van der Waals surface area contributed by atoms with Crippen LogP contribution in [-0.4, -0.2) is 36.3 Å². The maximum atomic E-state index is 14.3. The van der Waals surface area contributed by atoms with Crippen molar-refractivity contribution in [1.82, 2.24) is 9.97 Å². The fourth-order valence-electron chi connectivity index (χ4n) is 3.95. The monoisotopic (exact) mass is 395 g/mol. The van der Waals surface area contributed by atoms with Gasteiger partial charge in [-0.3, -0.25) is 4.98 Å². The van der Waals surface area contributed by atoms with E-state index in [4.69, 9.17) is 9.72 Å². The molecule has 0 bridgehead atoms. The van der Waals surface area contributed by atoms with E-state index in [1.807, 2.05) is 12.3 Å². The molecule has 1 saturated heterocycles. The van der Waals surface area contributed by atoms with E-state index in [1.54, 1.807) is 23.5 Å². The number of aromatic nitrogens is 2. The fraction of sp³-hybridized carbons (Fsp3) is 0.364. The van der Waals surface area contributed by atoms with Crippen LogP contribution in [0.3, 0.4) is 0 Å². The third-order valence-electron chi connectivity index (χ3n) is 5.45. The van der Waals surface area contributed by atoms with Gasteiger partial charge in [0.15, 0.2) is 0 Å². The largest absolute Gasteiger partial charge is 0.378 e. The number of rotatable bonds is 3. The Hall–Kier alpha value is -2.31. The van der Waals surface area contributed by atoms with E-state index < -0.39 is 0 Å². The minimum absolute atomic E-state index is 0.221. The highest BCUT2D eigenvalue weighted by Crippen LogP contribution is 2.34. The number of thiazole rings is 1. The number of pyridine rings is 1. The molecule has 1 aromatic carbocycles. The highest BCUT2D eigenvalue weighted by molar-refractivity contribution is 7.18. The van der Waals surface area contributed by atoms with Crippen LogP contribution in [0.2, 0.25) is 0 Å². The van der Waals surface area contributed by atoms with Crippen molar-refractivity contribution in [2.45, 2.75) is 25.7 Å². The molecule has 0 N–H and O–H groups in total. The Morgan fingerprint density at radius 2 is 1.89 bits per heavy atom. The zero-order valence-corrected chi connectivity index (χ0v) is 16.5. The standard InChI is InChI=1S/C22H22FN3OS/c23-17-11-16(12-18(13-17)26-7-9-27-10-8-26)21-14-24-22(28-21)20-6-5-15-3-1-2-4-19(15)25-20/h5-6,11-14H,1-4,7-10H2. The molecule has 0 spiro atoms. The smallest absolute Gasteiger partial charge is 0.142 e. The van der Waals surface area contributed by atoms with E-state index in [0.29, 0.717) is 13.2 Å². The molecule has 0 saturated carbocycles. The summed E-state index contributed by atoms with van der Waals surface area (Å²) >= 11 is 1.57. The molecule has 0 radical (unpaired) electrons. The SMILES string of the molecule is Fc1cc(-c2cnc(-c3ccc4c(n3)CCCC4)s2)cc(N2CCOCC2)c1. The van der Waals surface area contributed by atoms with Crippen LogP contribution in [0.25, 0.3) is 21.1 Å². The van der Waals surface area contributed by atoms with Crippen molar-refractivity contribution >= 4 is 17.0 Å². The molecule has 0 atom stereocenters. The van der Waals surface area contributed by atoms with Gasteiger partial charge in [-0.05, 0) is 61.1 Å². The predicted molar refractivity (Wildman–Crippen MR) is 110 cm³/mol. The van der Waals surface area contributed by atoms with Crippen molar-refractivity contribution in [2.75, 3.05) is 31.2 Å². The lowest BCUT2D eigenvalue weighted by Crippen LogP contribution is -2.36. The number of nitrogens with zero attached hydrogens (tertiary/aromatic N) is 3. The average molecular weight is 396 g/mol. The third kappa shape index (κ3) is 3.54. The number of halogens is 1. The lowest BCUT2D eigenvalue weighted by atomic mass is 9.96. The highest BCUT2D eigenvalue weighted by Gasteiger charge is 2.16. The number of hydrogen-bond acceptors (Lipinski definition) is 5. The van der Waals surface area contributed by atoms with Crippen molar-refractivity contribution < 1.29 is 9.13 Å². The highest BCUT2D eigenvalue weighted by atomic mass is 32.1. The summed E-state index contributed by atoms with van der Waals surface area (Å²) in [6.45, 7) is 2.94. The molecule has 3 aromatic rings. The van der Waals surface area contributed by atoms with E-state index in [2.05, 4.69) is 22.0 Å². The average Bonchev–Trinajstić information content (AvgIpc) is 3.24. The summed E-state index contributed by atoms with van der Waals surface area (Å²) in [6, 6.07) is 9.49. The van der Waals surface area contributed by atoms with Gasteiger partial charge in [-0.25, -0.2) is 9.37 Å². The molecule has 1 aliphatic heterocycles. The van der Waals surface area contributed by atoms with E-state index >= 15 is 0 Å². The normalized spacial score (nSPS) is 16.8. The second-order valence-electron chi connectivity index (χ2n) is 7.34. The fourth-order valence-corrected chi connectivity index (χ4v) is 4.82. The maximum absolute atomic E-state index is 14.3. The first kappa shape index (κ1) is 17.8. The Kier molecular flexibility index (Phi) is 4.82. The molecule has 4 nitrogen and oxygen atoms in total. The second kappa shape index (κ2) is 7.60. The lowest BCUT2D eigenvalue weighted by Gasteiger charge is -2.29. The molecule has 2 aliphatic rings. The number of ether oxygens (including phenoxy) is 1. The van der Waals surface area contributed by atoms with Gasteiger partial charge in [0.2, 0.25) is 0 Å². The molecule has 0 amide bonds. The molecule has 6 heteroatoms. The first-order valence-corrected chi connectivity index (χ1v) is 10.7. The van der Waals surface area contributed by atoms with Crippen LogP contribution in [-0.2, 0) is 17.6 Å². The molecule has 0 unspecified atom stereocenters. The van der Waals surface area contributed by atoms with Crippen LogP contribution in [0.1, 0.15) is 24.1 Å². The summed E-state index contributed by atoms with van der Waals surface area (Å²) in [5, 5.41) is 0.889. The van der Waals surface area contributed by atoms with Gasteiger partial charge in [-0.15, -0.1) is 11.3 Å². The van der Waals surface area contributed by atoms with Gasteiger partial charge in [0.05, 0.1) is 23.8 Å². The van der Waals surface area contributed by atoms with E-state index in [1.165, 1.54) is 24.1 Å². The molecule has 1 aliphatic carbocycles. The number of benzene rings is 1. The maximum Gasteiger partial charge on any atom is 0.142 e. The van der Waals surface area contributed by atoms with Crippen molar-refractivity contribution in [3.8, 4) is 21.1 Å². The summed E-state index contributed by atoms with van der Waals surface area (Å²) in [7, 11) is 0. The Morgan fingerprint density at radius 3 is 2.79 bits per heavy atom. The Bertz CT molecular complexity index is 997. The summed E-state index contributed by atoms with van der Waals surface area (Å²) < 4.78 is 19.7. The predicted octanol–water partition coefficient (Wildman–Crippen LogP) is 4.73. The van der Waals surface area contributed by atoms with Gasteiger partial charge in [-0.1, -0.05) is 6.07 Å². The summed E-state index contributed by atoms with van der Waals surface area (Å²) in [4.78, 5) is 12.6. The summed E-state index contributed by atoms with van der Waals surface area (Å²) in [5.74, 6) is -0.221. The molecule has 3 heterocycles. The first-order valence-electron chi connectivity index (χ1n) is 9.85. The van der Waals surface area contributed by atoms with E-state index in [-0.39, 0.29) is 5.82 Å². The van der Waals surface area contributed by atoms with Gasteiger partial charge in [0, 0.05) is 30.7 Å². The van der Waals surface area contributed by atoms with Gasteiger partial charge >= 0.3 is 0 Å². The molecule has 28 heavy (non-hydrogen) atoms. The summed E-state index contributed by atoms with van der Waals surface area (Å²) in [6.07, 6.45) is 6.47. The van der Waals surface area contributed by atoms with Crippen LogP contribution in [0.5, 0.6) is 0 Å². The van der Waals surface area contributed by atoms with Gasteiger partial charge in [-0.2, -0.15) is 0 Å². The topological polar surface area (TPSA) is 38.2 Å². The van der Waals surface area contributed by atoms with Gasteiger partial charge < -0.3 is 9.64 Å². The number of hydrogen-bond donors (Lipinski definition) is 0. The number of aryl methyl sites for hydroxylation is 2. The van der Waals surface area contributed by atoms with Crippen molar-refractivity contribution in [2.24, 2.45) is 0 Å². The van der Waals surface area contributed by atoms with Crippen LogP contribution in [0, 0.1) is 5.82 Å². The van der Waals surface area contributed by atoms with Crippen LogP contribution in [0.15, 0.2) is 36.5 Å². The van der Waals surface area contributed by atoms with Crippen molar-refractivity contribution in [3.05, 3.63) is 53.6 Å². The van der Waals surface area contributed by atoms with Crippen LogP contribution in [0.4, 0.5) is 10.1 Å². The molecule has 2 aromatic heterocycles. The van der Waals surface area contributed by atoms with Crippen molar-refractivity contribution in [1.29, 1.82) is 0 Å². The molecular weight excluding hydrogens is 373 g/mol. The Labute approximate surface area is 168 Å². The number of anilines is 1. The molecule has 5 rings (SSSR count). The quantitative estimate of drug-likeness (QED) is 0.643. The lowest BCUT2D eigenvalue weighted by molar-refractivity contribution is 0.122. The molecular formula is C22H22FN3OS. The Balaban J connectivity index is 1.45. The number of fused-ring (bicyclic) bond motifs is 1.